The van der Waals surface area contributed by atoms with Crippen LogP contribution in [0.2, 0.25) is 0 Å². The van der Waals surface area contributed by atoms with E-state index < -0.39 is 0 Å². The summed E-state index contributed by atoms with van der Waals surface area (Å²) in [4.78, 5) is 12.8. The van der Waals surface area contributed by atoms with Crippen LogP contribution in [0.5, 0.6) is 5.75 Å². The molecule has 5 nitrogen and oxygen atoms in total. The molecular formula is C14H16ClN3O2S. The molecule has 2 rings (SSSR count). The first-order valence-corrected chi connectivity index (χ1v) is 7.94. The van der Waals surface area contributed by atoms with Gasteiger partial charge in [-0.2, -0.15) is 0 Å². The molecule has 0 fully saturated rings. The van der Waals surface area contributed by atoms with Crippen molar-refractivity contribution in [2.45, 2.75) is 26.1 Å². The quantitative estimate of drug-likeness (QED) is 0.826. The molecule has 0 atom stereocenters. The number of hydrogen-bond donors (Lipinski definition) is 1. The van der Waals surface area contributed by atoms with Crippen LogP contribution in [0, 0.1) is 0 Å². The van der Waals surface area contributed by atoms with E-state index in [-0.39, 0.29) is 5.91 Å². The van der Waals surface area contributed by atoms with Crippen LogP contribution in [0.1, 0.15) is 34.8 Å². The van der Waals surface area contributed by atoms with Crippen molar-refractivity contribution < 1.29 is 9.53 Å². The maximum absolute atomic E-state index is 12.2. The molecule has 0 spiro atoms. The predicted octanol–water partition coefficient (Wildman–Crippen LogP) is 3.49. The van der Waals surface area contributed by atoms with Gasteiger partial charge in [-0.1, -0.05) is 11.4 Å². The summed E-state index contributed by atoms with van der Waals surface area (Å²) in [6.07, 6.45) is 0.676. The lowest BCUT2D eigenvalue weighted by Crippen LogP contribution is -2.12. The first-order chi connectivity index (χ1) is 10.2. The average Bonchev–Trinajstić information content (AvgIpc) is 2.97. The number of carbonyl (C=O) groups is 1. The van der Waals surface area contributed by atoms with E-state index in [0.717, 1.165) is 22.8 Å². The minimum absolute atomic E-state index is 0.202. The highest BCUT2D eigenvalue weighted by molar-refractivity contribution is 7.08. The molecule has 0 aliphatic rings. The Labute approximate surface area is 132 Å². The van der Waals surface area contributed by atoms with E-state index in [2.05, 4.69) is 14.9 Å². The Morgan fingerprint density at radius 1 is 1.43 bits per heavy atom. The Kier molecular flexibility index (Phi) is 5.52. The van der Waals surface area contributed by atoms with Crippen molar-refractivity contribution >= 4 is 34.7 Å². The standard InChI is InChI=1S/C14H16ClN3O2S/c1-3-11-13(21-18-17-11)14(19)16-10-5-6-12(20-4-2)9(7-10)8-15/h5-7H,3-4,8H2,1-2H3,(H,16,19). The molecule has 1 aromatic heterocycles. The highest BCUT2D eigenvalue weighted by atomic mass is 35.5. The largest absolute Gasteiger partial charge is 0.494 e. The Morgan fingerprint density at radius 2 is 2.24 bits per heavy atom. The van der Waals surface area contributed by atoms with Crippen LogP contribution in [0.3, 0.4) is 0 Å². The highest BCUT2D eigenvalue weighted by Crippen LogP contribution is 2.25. The third-order valence-corrected chi connectivity index (χ3v) is 3.91. The van der Waals surface area contributed by atoms with Gasteiger partial charge in [0.05, 0.1) is 18.2 Å². The van der Waals surface area contributed by atoms with Gasteiger partial charge in [-0.3, -0.25) is 4.79 Å². The first-order valence-electron chi connectivity index (χ1n) is 6.63. The molecule has 0 saturated heterocycles. The molecule has 1 amide bonds. The van der Waals surface area contributed by atoms with E-state index in [1.54, 1.807) is 6.07 Å². The van der Waals surface area contributed by atoms with Gasteiger partial charge in [0.1, 0.15) is 10.6 Å². The van der Waals surface area contributed by atoms with Gasteiger partial charge < -0.3 is 10.1 Å². The van der Waals surface area contributed by atoms with Crippen LogP contribution >= 0.6 is 23.1 Å². The average molecular weight is 326 g/mol. The molecule has 1 N–H and O–H groups in total. The normalized spacial score (nSPS) is 10.4. The smallest absolute Gasteiger partial charge is 0.269 e. The summed E-state index contributed by atoms with van der Waals surface area (Å²) >= 11 is 7.01. The summed E-state index contributed by atoms with van der Waals surface area (Å²) in [6.45, 7) is 4.43. The molecule has 0 saturated carbocycles. The van der Waals surface area contributed by atoms with Crippen molar-refractivity contribution in [1.82, 2.24) is 9.59 Å². The number of alkyl halides is 1. The fourth-order valence-electron chi connectivity index (χ4n) is 1.86. The van der Waals surface area contributed by atoms with E-state index in [1.165, 1.54) is 0 Å². The zero-order valence-corrected chi connectivity index (χ0v) is 13.4. The van der Waals surface area contributed by atoms with Gasteiger partial charge in [-0.05, 0) is 43.1 Å². The molecule has 2 aromatic rings. The number of halogens is 1. The predicted molar refractivity (Wildman–Crippen MR) is 84.4 cm³/mol. The topological polar surface area (TPSA) is 64.1 Å². The van der Waals surface area contributed by atoms with Crippen molar-refractivity contribution in [2.24, 2.45) is 0 Å². The number of ether oxygens (including phenoxy) is 1. The van der Waals surface area contributed by atoms with Crippen LogP contribution in [-0.2, 0) is 12.3 Å². The van der Waals surface area contributed by atoms with Gasteiger partial charge in [0.25, 0.3) is 5.91 Å². The van der Waals surface area contributed by atoms with Crippen molar-refractivity contribution in [3.63, 3.8) is 0 Å². The first kappa shape index (κ1) is 15.7. The molecule has 112 valence electrons. The maximum Gasteiger partial charge on any atom is 0.269 e. The van der Waals surface area contributed by atoms with E-state index in [1.807, 2.05) is 26.0 Å². The van der Waals surface area contributed by atoms with E-state index in [4.69, 9.17) is 16.3 Å². The molecular weight excluding hydrogens is 310 g/mol. The van der Waals surface area contributed by atoms with Crippen LogP contribution < -0.4 is 10.1 Å². The Bertz CT molecular complexity index is 630. The summed E-state index contributed by atoms with van der Waals surface area (Å²) < 4.78 is 9.30. The minimum atomic E-state index is -0.202. The van der Waals surface area contributed by atoms with Crippen LogP contribution in [0.15, 0.2) is 18.2 Å². The highest BCUT2D eigenvalue weighted by Gasteiger charge is 2.15. The molecule has 21 heavy (non-hydrogen) atoms. The second-order valence-electron chi connectivity index (χ2n) is 4.25. The van der Waals surface area contributed by atoms with Crippen molar-refractivity contribution in [3.8, 4) is 5.75 Å². The van der Waals surface area contributed by atoms with E-state index in [0.29, 0.717) is 35.2 Å². The number of aromatic nitrogens is 2. The monoisotopic (exact) mass is 325 g/mol. The zero-order valence-electron chi connectivity index (χ0n) is 11.9. The van der Waals surface area contributed by atoms with Crippen LogP contribution in [-0.4, -0.2) is 22.1 Å². The van der Waals surface area contributed by atoms with Crippen LogP contribution in [0.4, 0.5) is 5.69 Å². The molecule has 7 heteroatoms. The van der Waals surface area contributed by atoms with Crippen LogP contribution in [0.25, 0.3) is 0 Å². The second-order valence-corrected chi connectivity index (χ2v) is 5.27. The minimum Gasteiger partial charge on any atom is -0.494 e. The Morgan fingerprint density at radius 3 is 2.90 bits per heavy atom. The lowest BCUT2D eigenvalue weighted by Gasteiger charge is -2.11. The van der Waals surface area contributed by atoms with Gasteiger partial charge >= 0.3 is 0 Å². The number of nitrogens with zero attached hydrogens (tertiary/aromatic N) is 2. The summed E-state index contributed by atoms with van der Waals surface area (Å²) in [7, 11) is 0. The summed E-state index contributed by atoms with van der Waals surface area (Å²) in [5.74, 6) is 0.854. The molecule has 0 aliphatic heterocycles. The number of benzene rings is 1. The molecule has 0 aliphatic carbocycles. The van der Waals surface area contributed by atoms with E-state index >= 15 is 0 Å². The summed E-state index contributed by atoms with van der Waals surface area (Å²) in [5.41, 5.74) is 2.23. The molecule has 0 unspecified atom stereocenters. The van der Waals surface area contributed by atoms with Crippen molar-refractivity contribution in [3.05, 3.63) is 34.3 Å². The van der Waals surface area contributed by atoms with Gasteiger partial charge in [0.15, 0.2) is 0 Å². The Balaban J connectivity index is 2.18. The number of nitrogens with one attached hydrogen (secondary N) is 1. The third kappa shape index (κ3) is 3.71. The molecule has 1 aromatic carbocycles. The SMILES string of the molecule is CCOc1ccc(NC(=O)c2snnc2CC)cc1CCl. The van der Waals surface area contributed by atoms with Gasteiger partial charge in [0, 0.05) is 11.3 Å². The van der Waals surface area contributed by atoms with Gasteiger partial charge in [-0.25, -0.2) is 0 Å². The number of anilines is 1. The number of aryl methyl sites for hydroxylation is 1. The van der Waals surface area contributed by atoms with Gasteiger partial charge in [-0.15, -0.1) is 16.7 Å². The fourth-order valence-corrected chi connectivity index (χ4v) is 2.71. The van der Waals surface area contributed by atoms with Crippen molar-refractivity contribution in [2.75, 3.05) is 11.9 Å². The molecule has 0 radical (unpaired) electrons. The zero-order chi connectivity index (χ0) is 15.2. The number of amides is 1. The number of hydrogen-bond acceptors (Lipinski definition) is 5. The lowest BCUT2D eigenvalue weighted by atomic mass is 10.2. The third-order valence-electron chi connectivity index (χ3n) is 2.86. The fraction of sp³-hybridized carbons (Fsp3) is 0.357. The van der Waals surface area contributed by atoms with Gasteiger partial charge in [0.2, 0.25) is 0 Å². The maximum atomic E-state index is 12.2. The number of rotatable bonds is 6. The van der Waals surface area contributed by atoms with E-state index in [9.17, 15) is 4.79 Å². The Hall–Kier alpha value is -1.66. The summed E-state index contributed by atoms with van der Waals surface area (Å²) in [5, 5.41) is 6.78. The lowest BCUT2D eigenvalue weighted by molar-refractivity contribution is 0.102. The number of carbonyl (C=O) groups excluding carboxylic acids is 1. The second kappa shape index (κ2) is 7.38. The molecule has 0 bridgehead atoms. The summed E-state index contributed by atoms with van der Waals surface area (Å²) in [6, 6.07) is 5.41. The molecule has 1 heterocycles. The van der Waals surface area contributed by atoms with Crippen molar-refractivity contribution in [1.29, 1.82) is 0 Å².